The maximum atomic E-state index is 15.0. The third-order valence-electron chi connectivity index (χ3n) is 6.37. The highest BCUT2D eigenvalue weighted by atomic mass is 32.2. The highest BCUT2D eigenvalue weighted by molar-refractivity contribution is 8.00. The van der Waals surface area contributed by atoms with Crippen LogP contribution < -0.4 is 10.6 Å². The quantitative estimate of drug-likeness (QED) is 0.296. The number of thioether (sulfide) groups is 1. The summed E-state index contributed by atoms with van der Waals surface area (Å²) in [5.41, 5.74) is -2.46. The topological polar surface area (TPSA) is 77.8 Å². The fourth-order valence-corrected chi connectivity index (χ4v) is 9.01. The summed E-state index contributed by atoms with van der Waals surface area (Å²) in [6, 6.07) is 27.9. The molecule has 0 spiro atoms. The van der Waals surface area contributed by atoms with Crippen molar-refractivity contribution < 1.29 is 19.9 Å². The number of rotatable bonds is 10. The van der Waals surface area contributed by atoms with Crippen molar-refractivity contribution in [2.75, 3.05) is 6.61 Å². The second-order valence-electron chi connectivity index (χ2n) is 8.72. The first-order valence-electron chi connectivity index (χ1n) is 11.2. The van der Waals surface area contributed by atoms with Gasteiger partial charge in [0.05, 0.1) is 11.8 Å². The van der Waals surface area contributed by atoms with Crippen molar-refractivity contribution in [2.24, 2.45) is 5.92 Å². The minimum absolute atomic E-state index is 0.262. The molecule has 0 amide bonds. The Morgan fingerprint density at radius 1 is 0.848 bits per heavy atom. The van der Waals surface area contributed by atoms with Gasteiger partial charge in [-0.1, -0.05) is 92.7 Å². The molecule has 0 unspecified atom stereocenters. The molecule has 176 valence electrons. The van der Waals surface area contributed by atoms with Crippen LogP contribution >= 0.6 is 18.9 Å². The molecule has 4 nitrogen and oxygen atoms in total. The van der Waals surface area contributed by atoms with E-state index in [0.29, 0.717) is 10.6 Å². The van der Waals surface area contributed by atoms with Crippen molar-refractivity contribution in [1.29, 1.82) is 0 Å². The van der Waals surface area contributed by atoms with Gasteiger partial charge in [-0.2, -0.15) is 0 Å². The van der Waals surface area contributed by atoms with E-state index in [2.05, 4.69) is 0 Å². The van der Waals surface area contributed by atoms with Crippen LogP contribution in [0.4, 0.5) is 0 Å². The van der Waals surface area contributed by atoms with Crippen molar-refractivity contribution in [2.45, 2.75) is 48.3 Å². The van der Waals surface area contributed by atoms with Crippen LogP contribution in [-0.2, 0) is 4.57 Å². The lowest BCUT2D eigenvalue weighted by atomic mass is 9.88. The highest BCUT2D eigenvalue weighted by Crippen LogP contribution is 2.54. The van der Waals surface area contributed by atoms with E-state index < -0.39 is 35.7 Å². The smallest absolute Gasteiger partial charge is 0.149 e. The summed E-state index contributed by atoms with van der Waals surface area (Å²) in [6.45, 7) is 4.96. The van der Waals surface area contributed by atoms with Gasteiger partial charge in [0.2, 0.25) is 0 Å². The molecule has 3 rings (SSSR count). The maximum Gasteiger partial charge on any atom is 0.149 e. The first kappa shape index (κ1) is 25.7. The average molecular weight is 485 g/mol. The Kier molecular flexibility index (Phi) is 8.60. The molecule has 3 aromatic carbocycles. The Bertz CT molecular complexity index is 1000. The van der Waals surface area contributed by atoms with Gasteiger partial charge >= 0.3 is 0 Å². The molecule has 0 aliphatic carbocycles. The van der Waals surface area contributed by atoms with E-state index >= 15 is 0 Å². The van der Waals surface area contributed by atoms with E-state index in [9.17, 15) is 19.9 Å². The zero-order valence-electron chi connectivity index (χ0n) is 19.3. The van der Waals surface area contributed by atoms with E-state index in [1.54, 1.807) is 38.1 Å². The van der Waals surface area contributed by atoms with E-state index in [1.807, 2.05) is 73.7 Å². The Hall–Kier alpha value is -1.88. The Labute approximate surface area is 201 Å². The molecular formula is C27H33O4PS. The largest absolute Gasteiger partial charge is 0.396 e. The molecule has 0 saturated carbocycles. The monoisotopic (exact) mass is 484 g/mol. The molecule has 0 saturated heterocycles. The molecule has 0 aliphatic heterocycles. The van der Waals surface area contributed by atoms with Gasteiger partial charge in [0.1, 0.15) is 12.7 Å². The minimum atomic E-state index is -3.46. The van der Waals surface area contributed by atoms with Crippen LogP contribution in [0, 0.1) is 5.92 Å². The van der Waals surface area contributed by atoms with E-state index in [1.165, 1.54) is 11.8 Å². The molecule has 0 radical (unpaired) electrons. The predicted octanol–water partition coefficient (Wildman–Crippen LogP) is 4.29. The fraction of sp³-hybridized carbons (Fsp3) is 0.333. The Morgan fingerprint density at radius 3 is 1.70 bits per heavy atom. The van der Waals surface area contributed by atoms with Crippen LogP contribution in [0.2, 0.25) is 0 Å². The summed E-state index contributed by atoms with van der Waals surface area (Å²) < 4.78 is 15.0. The maximum absolute atomic E-state index is 15.0. The van der Waals surface area contributed by atoms with Gasteiger partial charge in [-0.15, -0.1) is 11.8 Å². The number of hydrogen-bond acceptors (Lipinski definition) is 5. The summed E-state index contributed by atoms with van der Waals surface area (Å²) >= 11 is 1.46. The molecular weight excluding hydrogens is 451 g/mol. The molecule has 0 fully saturated rings. The van der Waals surface area contributed by atoms with Gasteiger partial charge in [-0.25, -0.2) is 0 Å². The molecule has 3 aromatic rings. The predicted molar refractivity (Wildman–Crippen MR) is 138 cm³/mol. The SMILES string of the molecule is C[C@H](Sc1ccccc1)[C@](C)(O)[C@@H](O)[C@@H]([C@@H](C)CO)P(=O)(c1ccccc1)c1ccccc1. The Morgan fingerprint density at radius 2 is 1.27 bits per heavy atom. The van der Waals surface area contributed by atoms with Gasteiger partial charge in [0.25, 0.3) is 0 Å². The molecule has 0 aliphatic rings. The third kappa shape index (κ3) is 5.45. The lowest BCUT2D eigenvalue weighted by molar-refractivity contribution is -0.0684. The molecule has 0 heterocycles. The van der Waals surface area contributed by atoms with Crippen LogP contribution in [0.1, 0.15) is 20.8 Å². The summed E-state index contributed by atoms with van der Waals surface area (Å²) in [6.07, 6.45) is -1.35. The van der Waals surface area contributed by atoms with Gasteiger partial charge < -0.3 is 19.9 Å². The van der Waals surface area contributed by atoms with Crippen molar-refractivity contribution in [3.05, 3.63) is 91.0 Å². The number of benzene rings is 3. The van der Waals surface area contributed by atoms with E-state index in [-0.39, 0.29) is 6.61 Å². The van der Waals surface area contributed by atoms with Gasteiger partial charge in [0.15, 0.2) is 0 Å². The number of aliphatic hydroxyl groups excluding tert-OH is 2. The Balaban J connectivity index is 2.09. The second kappa shape index (κ2) is 11.0. The summed E-state index contributed by atoms with van der Waals surface area (Å²) in [7, 11) is -3.46. The van der Waals surface area contributed by atoms with Crippen molar-refractivity contribution in [3.63, 3.8) is 0 Å². The average Bonchev–Trinajstić information content (AvgIpc) is 2.85. The van der Waals surface area contributed by atoms with Crippen LogP contribution in [0.15, 0.2) is 95.9 Å². The first-order valence-corrected chi connectivity index (χ1v) is 13.8. The standard InChI is InChI=1S/C27H33O4PS/c1-20(19-28)25(26(29)27(3,30)21(2)33-24-17-11-6-12-18-24)32(31,22-13-7-4-8-14-22)23-15-9-5-10-16-23/h4-18,20-21,25-26,28-30H,19H2,1-3H3/t20-,21-,25+,26-,27-/m0/s1. The summed E-state index contributed by atoms with van der Waals surface area (Å²) in [5, 5.41) is 34.2. The highest BCUT2D eigenvalue weighted by Gasteiger charge is 2.51. The lowest BCUT2D eigenvalue weighted by Crippen LogP contribution is -2.56. The van der Waals surface area contributed by atoms with Crippen molar-refractivity contribution in [3.8, 4) is 0 Å². The minimum Gasteiger partial charge on any atom is -0.396 e. The first-order chi connectivity index (χ1) is 15.7. The van der Waals surface area contributed by atoms with E-state index in [0.717, 1.165) is 4.90 Å². The zero-order valence-corrected chi connectivity index (χ0v) is 21.0. The second-order valence-corrected chi connectivity index (χ2v) is 13.1. The van der Waals surface area contributed by atoms with E-state index in [4.69, 9.17) is 0 Å². The number of aliphatic hydroxyl groups is 3. The normalized spacial score (nSPS) is 17.5. The molecule has 33 heavy (non-hydrogen) atoms. The van der Waals surface area contributed by atoms with Crippen LogP contribution in [-0.4, -0.2) is 44.5 Å². The zero-order chi connectivity index (χ0) is 24.1. The van der Waals surface area contributed by atoms with Crippen LogP contribution in [0.25, 0.3) is 0 Å². The molecule has 5 atom stereocenters. The summed E-state index contributed by atoms with van der Waals surface area (Å²) in [5.74, 6) is -0.522. The molecule has 3 N–H and O–H groups in total. The third-order valence-corrected chi connectivity index (χ3v) is 11.5. The lowest BCUT2D eigenvalue weighted by Gasteiger charge is -2.43. The summed E-state index contributed by atoms with van der Waals surface area (Å²) in [4.78, 5) is 0.971. The van der Waals surface area contributed by atoms with Crippen LogP contribution in [0.5, 0.6) is 0 Å². The fourth-order valence-electron chi connectivity index (χ4n) is 4.18. The molecule has 0 aromatic heterocycles. The van der Waals surface area contributed by atoms with Crippen molar-refractivity contribution >= 4 is 29.5 Å². The molecule has 6 heteroatoms. The van der Waals surface area contributed by atoms with Gasteiger partial charge in [0, 0.05) is 27.4 Å². The van der Waals surface area contributed by atoms with Gasteiger partial charge in [-0.05, 0) is 25.0 Å². The van der Waals surface area contributed by atoms with Crippen LogP contribution in [0.3, 0.4) is 0 Å². The van der Waals surface area contributed by atoms with Gasteiger partial charge in [-0.3, -0.25) is 0 Å². The number of hydrogen-bond donors (Lipinski definition) is 3. The molecule has 0 bridgehead atoms. The van der Waals surface area contributed by atoms with Crippen molar-refractivity contribution in [1.82, 2.24) is 0 Å².